The number of hydrogen-bond acceptors (Lipinski definition) is 5. The number of benzene rings is 1. The number of para-hydroxylation sites is 1. The lowest BCUT2D eigenvalue weighted by Gasteiger charge is -2.33. The van der Waals surface area contributed by atoms with E-state index in [0.717, 1.165) is 4.90 Å². The van der Waals surface area contributed by atoms with Crippen LogP contribution in [0.3, 0.4) is 0 Å². The summed E-state index contributed by atoms with van der Waals surface area (Å²) in [5.41, 5.74) is -0.375. The van der Waals surface area contributed by atoms with Crippen LogP contribution in [0.5, 0.6) is 0 Å². The molecule has 0 saturated heterocycles. The molecule has 3 aromatic heterocycles. The van der Waals surface area contributed by atoms with Crippen molar-refractivity contribution in [2.24, 2.45) is 0 Å². The van der Waals surface area contributed by atoms with Gasteiger partial charge in [0.1, 0.15) is 22.3 Å². The Hall–Kier alpha value is -3.35. The van der Waals surface area contributed by atoms with Crippen molar-refractivity contribution in [3.05, 3.63) is 69.4 Å². The van der Waals surface area contributed by atoms with Gasteiger partial charge in [-0.05, 0) is 12.1 Å². The predicted molar refractivity (Wildman–Crippen MR) is 104 cm³/mol. The lowest BCUT2D eigenvalue weighted by Crippen LogP contribution is -2.41. The number of rotatable bonds is 2. The number of carbonyl (C=O) groups excluding carboxylic acids is 1. The third-order valence-electron chi connectivity index (χ3n) is 5.23. The molecule has 1 aliphatic rings. The molecule has 0 fully saturated rings. The zero-order valence-electron chi connectivity index (χ0n) is 16.3. The fourth-order valence-corrected chi connectivity index (χ4v) is 4.74. The molecular formula is C20H12F6N4O2S. The van der Waals surface area contributed by atoms with Crippen molar-refractivity contribution < 1.29 is 35.6 Å². The van der Waals surface area contributed by atoms with Gasteiger partial charge >= 0.3 is 12.4 Å². The standard InChI is InChI=1S/C20H12F6N4O2S/c21-19(22,23)16-15(33-18(29-16)20(24,25)26)17(31)30-6-5-10-13(28-8-27-10)14(30)12-7-9-3-1-2-4-11(9)32-12/h1-4,7-8,14H,5-6H2,(H,27,28)/t14-/m1/s1. The lowest BCUT2D eigenvalue weighted by molar-refractivity contribution is -0.147. The molecule has 0 unspecified atom stereocenters. The maximum Gasteiger partial charge on any atom is 0.443 e. The summed E-state index contributed by atoms with van der Waals surface area (Å²) in [6, 6.07) is 7.52. The fourth-order valence-electron chi connectivity index (χ4n) is 3.83. The number of halogens is 6. The van der Waals surface area contributed by atoms with Gasteiger partial charge in [0, 0.05) is 24.0 Å². The van der Waals surface area contributed by atoms with Crippen molar-refractivity contribution in [2.75, 3.05) is 6.54 Å². The quantitative estimate of drug-likeness (QED) is 0.383. The minimum atomic E-state index is -5.24. The average molecular weight is 486 g/mol. The van der Waals surface area contributed by atoms with Gasteiger partial charge < -0.3 is 14.3 Å². The van der Waals surface area contributed by atoms with Gasteiger partial charge in [-0.1, -0.05) is 18.2 Å². The van der Waals surface area contributed by atoms with E-state index in [0.29, 0.717) is 22.4 Å². The summed E-state index contributed by atoms with van der Waals surface area (Å²) < 4.78 is 85.7. The molecule has 0 aliphatic carbocycles. The van der Waals surface area contributed by atoms with Crippen LogP contribution in [-0.2, 0) is 18.8 Å². The van der Waals surface area contributed by atoms with Crippen LogP contribution in [0.4, 0.5) is 26.3 Å². The third kappa shape index (κ3) is 3.65. The highest BCUT2D eigenvalue weighted by Crippen LogP contribution is 2.43. The van der Waals surface area contributed by atoms with Crippen LogP contribution in [0.1, 0.15) is 43.6 Å². The molecule has 1 amide bonds. The first-order chi connectivity index (χ1) is 15.5. The molecule has 1 N–H and O–H groups in total. The number of carbonyl (C=O) groups is 1. The van der Waals surface area contributed by atoms with Gasteiger partial charge in [-0.2, -0.15) is 26.3 Å². The molecule has 13 heteroatoms. The minimum absolute atomic E-state index is 0.0632. The lowest BCUT2D eigenvalue weighted by atomic mass is 9.99. The molecule has 6 nitrogen and oxygen atoms in total. The SMILES string of the molecule is O=C(c1sc(C(F)(F)F)nc1C(F)(F)F)N1CCc2[nH]cnc2[C@H]1c1cc2ccccc2o1. The van der Waals surface area contributed by atoms with Gasteiger partial charge in [0.15, 0.2) is 10.7 Å². The summed E-state index contributed by atoms with van der Waals surface area (Å²) in [6.07, 6.45) is -8.76. The van der Waals surface area contributed by atoms with Crippen molar-refractivity contribution in [3.63, 3.8) is 0 Å². The second-order valence-electron chi connectivity index (χ2n) is 7.30. The highest BCUT2D eigenvalue weighted by molar-refractivity contribution is 7.13. The zero-order chi connectivity index (χ0) is 23.5. The van der Waals surface area contributed by atoms with Crippen molar-refractivity contribution in [2.45, 2.75) is 24.8 Å². The van der Waals surface area contributed by atoms with E-state index in [1.807, 2.05) is 0 Å². The summed E-state index contributed by atoms with van der Waals surface area (Å²) in [5.74, 6) is -0.999. The van der Waals surface area contributed by atoms with E-state index in [1.54, 1.807) is 30.3 Å². The number of nitrogens with one attached hydrogen (secondary N) is 1. The molecule has 0 bridgehead atoms. The fraction of sp³-hybridized carbons (Fsp3) is 0.250. The molecule has 0 spiro atoms. The number of thiazole rings is 1. The number of H-pyrrole nitrogens is 1. The van der Waals surface area contributed by atoms with E-state index in [2.05, 4.69) is 15.0 Å². The third-order valence-corrected chi connectivity index (χ3v) is 6.32. The predicted octanol–water partition coefficient (Wildman–Crippen LogP) is 5.44. The zero-order valence-corrected chi connectivity index (χ0v) is 17.1. The van der Waals surface area contributed by atoms with Crippen molar-refractivity contribution in [1.29, 1.82) is 0 Å². The number of imidazole rings is 1. The summed E-state index contributed by atoms with van der Waals surface area (Å²) in [7, 11) is 0. The van der Waals surface area contributed by atoms with Gasteiger partial charge in [-0.3, -0.25) is 4.79 Å². The van der Waals surface area contributed by atoms with Gasteiger partial charge in [0.2, 0.25) is 0 Å². The number of aromatic amines is 1. The van der Waals surface area contributed by atoms with Crippen LogP contribution in [0.25, 0.3) is 11.0 Å². The second-order valence-corrected chi connectivity index (χ2v) is 8.30. The normalized spacial score (nSPS) is 16.9. The van der Waals surface area contributed by atoms with Crippen molar-refractivity contribution in [3.8, 4) is 0 Å². The Morgan fingerprint density at radius 1 is 1.15 bits per heavy atom. The van der Waals surface area contributed by atoms with Gasteiger partial charge in [-0.25, -0.2) is 9.97 Å². The van der Waals surface area contributed by atoms with Gasteiger partial charge in [-0.15, -0.1) is 11.3 Å². The Morgan fingerprint density at radius 3 is 2.61 bits per heavy atom. The molecule has 172 valence electrons. The first-order valence-corrected chi connectivity index (χ1v) is 10.3. The molecule has 1 aliphatic heterocycles. The van der Waals surface area contributed by atoms with E-state index in [-0.39, 0.29) is 30.1 Å². The van der Waals surface area contributed by atoms with E-state index in [9.17, 15) is 31.1 Å². The summed E-state index contributed by atoms with van der Waals surface area (Å²) in [6.45, 7) is -0.0632. The first kappa shape index (κ1) is 21.5. The Balaban J connectivity index is 1.63. The number of furan rings is 1. The summed E-state index contributed by atoms with van der Waals surface area (Å²) in [4.78, 5) is 23.0. The Kier molecular flexibility index (Phi) is 4.78. The van der Waals surface area contributed by atoms with Crippen LogP contribution < -0.4 is 0 Å². The summed E-state index contributed by atoms with van der Waals surface area (Å²) in [5, 5.41) is -1.05. The Morgan fingerprint density at radius 2 is 1.91 bits per heavy atom. The number of amides is 1. The number of nitrogens with zero attached hydrogens (tertiary/aromatic N) is 3. The van der Waals surface area contributed by atoms with E-state index < -0.39 is 39.9 Å². The van der Waals surface area contributed by atoms with Gasteiger partial charge in [0.05, 0.1) is 12.0 Å². The molecule has 0 saturated carbocycles. The van der Waals surface area contributed by atoms with Crippen molar-refractivity contribution >= 4 is 28.2 Å². The van der Waals surface area contributed by atoms with Gasteiger partial charge in [0.25, 0.3) is 5.91 Å². The molecule has 1 aromatic carbocycles. The molecule has 4 aromatic rings. The Labute approximate surface area is 184 Å². The molecule has 0 radical (unpaired) electrons. The van der Waals surface area contributed by atoms with E-state index >= 15 is 0 Å². The molecule has 4 heterocycles. The number of fused-ring (bicyclic) bond motifs is 2. The maximum atomic E-state index is 13.5. The monoisotopic (exact) mass is 486 g/mol. The highest BCUT2D eigenvalue weighted by Gasteiger charge is 2.47. The Bertz CT molecular complexity index is 1320. The smallest absolute Gasteiger partial charge is 0.443 e. The number of hydrogen-bond donors (Lipinski definition) is 1. The van der Waals surface area contributed by atoms with E-state index in [4.69, 9.17) is 4.42 Å². The molecule has 33 heavy (non-hydrogen) atoms. The number of alkyl halides is 6. The van der Waals surface area contributed by atoms with Crippen LogP contribution in [0.15, 0.2) is 41.1 Å². The minimum Gasteiger partial charge on any atom is -0.458 e. The van der Waals surface area contributed by atoms with Crippen molar-refractivity contribution in [1.82, 2.24) is 19.9 Å². The highest BCUT2D eigenvalue weighted by atomic mass is 32.1. The molecule has 5 rings (SSSR count). The van der Waals surface area contributed by atoms with Crippen LogP contribution in [-0.4, -0.2) is 32.3 Å². The second kappa shape index (κ2) is 7.33. The number of aromatic nitrogens is 3. The van der Waals surface area contributed by atoms with Crippen LogP contribution >= 0.6 is 11.3 Å². The maximum absolute atomic E-state index is 13.5. The van der Waals surface area contributed by atoms with Crippen LogP contribution in [0.2, 0.25) is 0 Å². The van der Waals surface area contributed by atoms with Crippen LogP contribution in [0, 0.1) is 0 Å². The largest absolute Gasteiger partial charge is 0.458 e. The topological polar surface area (TPSA) is 75.0 Å². The molecular weight excluding hydrogens is 474 g/mol. The first-order valence-electron chi connectivity index (χ1n) is 9.51. The summed E-state index contributed by atoms with van der Waals surface area (Å²) >= 11 is -0.325. The molecule has 1 atom stereocenters. The average Bonchev–Trinajstić information content (AvgIpc) is 3.48. The van der Waals surface area contributed by atoms with E-state index in [1.165, 1.54) is 6.33 Å².